The molecule has 1 aliphatic heterocycles. The zero-order valence-corrected chi connectivity index (χ0v) is 17.1. The summed E-state index contributed by atoms with van der Waals surface area (Å²) < 4.78 is 34.3. The smallest absolute Gasteiger partial charge is 0.276 e. The van der Waals surface area contributed by atoms with Crippen molar-refractivity contribution in [3.8, 4) is 5.75 Å². The summed E-state index contributed by atoms with van der Waals surface area (Å²) in [4.78, 5) is 39.0. The van der Waals surface area contributed by atoms with Gasteiger partial charge in [0.2, 0.25) is 5.43 Å². The summed E-state index contributed by atoms with van der Waals surface area (Å²) >= 11 is 5.63. The van der Waals surface area contributed by atoms with Crippen molar-refractivity contribution in [1.82, 2.24) is 14.9 Å². The van der Waals surface area contributed by atoms with Crippen LogP contribution in [0.4, 0.5) is 8.78 Å². The van der Waals surface area contributed by atoms with Crippen LogP contribution in [0.25, 0.3) is 0 Å². The third kappa shape index (κ3) is 4.62. The number of hydrogen-bond acceptors (Lipinski definition) is 6. The third-order valence-electron chi connectivity index (χ3n) is 4.64. The summed E-state index contributed by atoms with van der Waals surface area (Å²) in [5.74, 6) is -4.57. The molecule has 2 heterocycles. The van der Waals surface area contributed by atoms with Crippen LogP contribution in [-0.2, 0) is 11.3 Å². The first kappa shape index (κ1) is 22.5. The number of aromatic nitrogens is 1. The molecule has 0 fully saturated rings. The molecule has 0 atom stereocenters. The topological polar surface area (TPSA) is 113 Å². The Hall–Kier alpha value is -3.18. The standard InChI is InChI=1S/C19H19ClF2N4O5/c1-25-5-7-31-6-4-24-26-9-11(16(27)17(28)15(26)19(25)30)18(29)23-8-10-13(21)3-2-12(20)14(10)22/h2-3,9,24,28H,4-8H2,1H3,(H,23,29). The van der Waals surface area contributed by atoms with Gasteiger partial charge in [-0.25, -0.2) is 8.78 Å². The third-order valence-corrected chi connectivity index (χ3v) is 4.93. The summed E-state index contributed by atoms with van der Waals surface area (Å²) in [7, 11) is 1.47. The Labute approximate surface area is 180 Å². The molecule has 12 heteroatoms. The molecule has 0 unspecified atom stereocenters. The number of carbonyl (C=O) groups is 2. The fourth-order valence-electron chi connectivity index (χ4n) is 2.91. The predicted molar refractivity (Wildman–Crippen MR) is 107 cm³/mol. The Bertz CT molecular complexity index is 1090. The van der Waals surface area contributed by atoms with Crippen molar-refractivity contribution >= 4 is 23.4 Å². The second-order valence-electron chi connectivity index (χ2n) is 6.69. The van der Waals surface area contributed by atoms with E-state index in [0.717, 1.165) is 23.0 Å². The number of amides is 2. The summed E-state index contributed by atoms with van der Waals surface area (Å²) in [5.41, 5.74) is 0.295. The maximum Gasteiger partial charge on any atom is 0.276 e. The molecule has 1 aromatic heterocycles. The average Bonchev–Trinajstić information content (AvgIpc) is 2.74. The largest absolute Gasteiger partial charge is 0.502 e. The van der Waals surface area contributed by atoms with Crippen molar-refractivity contribution in [2.75, 3.05) is 38.8 Å². The molecular weight excluding hydrogens is 438 g/mol. The molecule has 3 N–H and O–H groups in total. The number of ether oxygens (including phenoxy) is 1. The number of benzene rings is 1. The minimum Gasteiger partial charge on any atom is -0.502 e. The highest BCUT2D eigenvalue weighted by Gasteiger charge is 2.27. The molecule has 0 radical (unpaired) electrons. The molecule has 2 aromatic rings. The lowest BCUT2D eigenvalue weighted by Crippen LogP contribution is -2.39. The lowest BCUT2D eigenvalue weighted by atomic mass is 10.1. The van der Waals surface area contributed by atoms with E-state index in [1.165, 1.54) is 11.9 Å². The van der Waals surface area contributed by atoms with E-state index >= 15 is 0 Å². The van der Waals surface area contributed by atoms with E-state index in [4.69, 9.17) is 16.3 Å². The number of aromatic hydroxyl groups is 1. The average molecular weight is 457 g/mol. The van der Waals surface area contributed by atoms with E-state index in [1.54, 1.807) is 0 Å². The Morgan fingerprint density at radius 3 is 2.81 bits per heavy atom. The number of rotatable bonds is 3. The van der Waals surface area contributed by atoms with E-state index in [9.17, 15) is 28.3 Å². The Balaban J connectivity index is 1.94. The molecule has 9 nitrogen and oxygen atoms in total. The van der Waals surface area contributed by atoms with E-state index in [2.05, 4.69) is 10.7 Å². The minimum absolute atomic E-state index is 0.215. The van der Waals surface area contributed by atoms with Crippen LogP contribution in [0.2, 0.25) is 5.02 Å². The van der Waals surface area contributed by atoms with Crippen LogP contribution >= 0.6 is 11.6 Å². The molecule has 0 saturated heterocycles. The van der Waals surface area contributed by atoms with Crippen molar-refractivity contribution < 1.29 is 28.2 Å². The van der Waals surface area contributed by atoms with Gasteiger partial charge in [-0.2, -0.15) is 0 Å². The monoisotopic (exact) mass is 456 g/mol. The number of pyridine rings is 1. The fourth-order valence-corrected chi connectivity index (χ4v) is 3.09. The van der Waals surface area contributed by atoms with Crippen LogP contribution < -0.4 is 16.2 Å². The number of fused-ring (bicyclic) bond motifs is 1. The van der Waals surface area contributed by atoms with Crippen molar-refractivity contribution in [3.63, 3.8) is 0 Å². The second-order valence-corrected chi connectivity index (χ2v) is 7.10. The maximum absolute atomic E-state index is 14.0. The van der Waals surface area contributed by atoms with Gasteiger partial charge < -0.3 is 25.5 Å². The Kier molecular flexibility index (Phi) is 6.76. The van der Waals surface area contributed by atoms with Crippen LogP contribution in [0.5, 0.6) is 5.75 Å². The molecule has 1 aliphatic rings. The van der Waals surface area contributed by atoms with Gasteiger partial charge in [-0.05, 0) is 12.1 Å². The number of halogens is 3. The van der Waals surface area contributed by atoms with Crippen LogP contribution in [0, 0.1) is 11.6 Å². The number of carbonyl (C=O) groups excluding carboxylic acids is 2. The van der Waals surface area contributed by atoms with Crippen LogP contribution in [0.15, 0.2) is 23.1 Å². The van der Waals surface area contributed by atoms with Gasteiger partial charge in [0.05, 0.1) is 24.8 Å². The van der Waals surface area contributed by atoms with Gasteiger partial charge in [0.25, 0.3) is 11.8 Å². The second kappa shape index (κ2) is 9.31. The molecule has 1 aromatic carbocycles. The Morgan fingerprint density at radius 2 is 2.06 bits per heavy atom. The molecule has 166 valence electrons. The van der Waals surface area contributed by atoms with Crippen LogP contribution in [-0.4, -0.2) is 59.8 Å². The van der Waals surface area contributed by atoms with Gasteiger partial charge in [-0.15, -0.1) is 0 Å². The summed E-state index contributed by atoms with van der Waals surface area (Å²) in [6.45, 7) is 0.384. The van der Waals surface area contributed by atoms with Crippen LogP contribution in [0.1, 0.15) is 26.4 Å². The number of likely N-dealkylation sites (N-methyl/N-ethyl adjacent to an activating group) is 1. The van der Waals surface area contributed by atoms with Gasteiger partial charge in [0.15, 0.2) is 11.4 Å². The SMILES string of the molecule is CN1CCOCCNn2cc(C(=O)NCc3c(F)ccc(Cl)c3F)c(=O)c(O)c2C1=O. The lowest BCUT2D eigenvalue weighted by Gasteiger charge is -2.24. The van der Waals surface area contributed by atoms with Gasteiger partial charge in [-0.1, -0.05) is 11.6 Å². The first-order valence-corrected chi connectivity index (χ1v) is 9.56. The fraction of sp³-hybridized carbons (Fsp3) is 0.316. The highest BCUT2D eigenvalue weighted by Crippen LogP contribution is 2.21. The quantitative estimate of drug-likeness (QED) is 0.595. The molecule has 0 saturated carbocycles. The molecule has 0 bridgehead atoms. The van der Waals surface area contributed by atoms with E-state index in [-0.39, 0.29) is 37.0 Å². The zero-order chi connectivity index (χ0) is 22.7. The number of nitrogens with zero attached hydrogens (tertiary/aromatic N) is 2. The lowest BCUT2D eigenvalue weighted by molar-refractivity contribution is 0.0677. The highest BCUT2D eigenvalue weighted by molar-refractivity contribution is 6.30. The molecule has 0 spiro atoms. The van der Waals surface area contributed by atoms with Crippen molar-refractivity contribution in [3.05, 3.63) is 62.0 Å². The molecule has 31 heavy (non-hydrogen) atoms. The van der Waals surface area contributed by atoms with E-state index < -0.39 is 52.3 Å². The van der Waals surface area contributed by atoms with Gasteiger partial charge >= 0.3 is 0 Å². The summed E-state index contributed by atoms with van der Waals surface area (Å²) in [6, 6.07) is 1.98. The van der Waals surface area contributed by atoms with Crippen molar-refractivity contribution in [1.29, 1.82) is 0 Å². The normalized spacial score (nSPS) is 14.6. The van der Waals surface area contributed by atoms with Gasteiger partial charge in [-0.3, -0.25) is 19.1 Å². The first-order chi connectivity index (χ1) is 14.7. The van der Waals surface area contributed by atoms with Crippen molar-refractivity contribution in [2.24, 2.45) is 0 Å². The van der Waals surface area contributed by atoms with Gasteiger partial charge in [0.1, 0.15) is 17.2 Å². The highest BCUT2D eigenvalue weighted by atomic mass is 35.5. The minimum atomic E-state index is -1.10. The molecular formula is C19H19ClF2N4O5. The van der Waals surface area contributed by atoms with Gasteiger partial charge in [0, 0.05) is 31.9 Å². The predicted octanol–water partition coefficient (Wildman–Crippen LogP) is 1.06. The number of hydrogen-bond donors (Lipinski definition) is 3. The Morgan fingerprint density at radius 1 is 1.32 bits per heavy atom. The van der Waals surface area contributed by atoms with Crippen molar-refractivity contribution in [2.45, 2.75) is 6.54 Å². The summed E-state index contributed by atoms with van der Waals surface area (Å²) in [6.07, 6.45) is 1.03. The molecule has 2 amide bonds. The first-order valence-electron chi connectivity index (χ1n) is 9.18. The van der Waals surface area contributed by atoms with E-state index in [0.29, 0.717) is 0 Å². The van der Waals surface area contributed by atoms with E-state index in [1.807, 2.05) is 0 Å². The summed E-state index contributed by atoms with van der Waals surface area (Å²) in [5, 5.41) is 12.3. The van der Waals surface area contributed by atoms with Crippen LogP contribution in [0.3, 0.4) is 0 Å². The zero-order valence-electron chi connectivity index (χ0n) is 16.4. The number of nitrogens with one attached hydrogen (secondary N) is 2. The molecule has 0 aliphatic carbocycles. The molecule has 3 rings (SSSR count). The maximum atomic E-state index is 14.0.